The average molecular weight is 169 g/mol. The topological polar surface area (TPSA) is 12.0 Å². The third-order valence-electron chi connectivity index (χ3n) is 3.06. The van der Waals surface area contributed by atoms with Crippen LogP contribution in [0.1, 0.15) is 47.0 Å². The van der Waals surface area contributed by atoms with E-state index in [-0.39, 0.29) is 0 Å². The number of nitrogens with one attached hydrogen (secondary N) is 1. The van der Waals surface area contributed by atoms with Crippen LogP contribution in [0, 0.1) is 5.41 Å². The fraction of sp³-hybridized carbons (Fsp3) is 0.818. The second kappa shape index (κ2) is 5.23. The highest BCUT2D eigenvalue weighted by atomic mass is 14.9. The van der Waals surface area contributed by atoms with Crippen molar-refractivity contribution in [2.45, 2.75) is 47.0 Å². The van der Waals surface area contributed by atoms with Crippen molar-refractivity contribution in [1.82, 2.24) is 5.32 Å². The first-order valence-electron chi connectivity index (χ1n) is 5.10. The van der Waals surface area contributed by atoms with Crippen LogP contribution in [0.15, 0.2) is 12.3 Å². The van der Waals surface area contributed by atoms with Gasteiger partial charge in [-0.05, 0) is 26.2 Å². The quantitative estimate of drug-likeness (QED) is 0.643. The van der Waals surface area contributed by atoms with E-state index < -0.39 is 0 Å². The third-order valence-corrected chi connectivity index (χ3v) is 3.06. The average Bonchev–Trinajstić information content (AvgIpc) is 2.09. The summed E-state index contributed by atoms with van der Waals surface area (Å²) in [5, 5.41) is 3.34. The van der Waals surface area contributed by atoms with Gasteiger partial charge in [-0.2, -0.15) is 0 Å². The first kappa shape index (κ1) is 11.5. The molecule has 0 unspecified atom stereocenters. The molecule has 0 saturated carbocycles. The van der Waals surface area contributed by atoms with Crippen molar-refractivity contribution < 1.29 is 0 Å². The zero-order valence-electron chi connectivity index (χ0n) is 9.04. The molecule has 72 valence electrons. The summed E-state index contributed by atoms with van der Waals surface area (Å²) in [7, 11) is 0. The zero-order valence-corrected chi connectivity index (χ0v) is 9.04. The lowest BCUT2D eigenvalue weighted by Crippen LogP contribution is -2.29. The van der Waals surface area contributed by atoms with Crippen LogP contribution in [0.2, 0.25) is 0 Å². The van der Waals surface area contributed by atoms with Crippen molar-refractivity contribution in [2.24, 2.45) is 5.41 Å². The lowest BCUT2D eigenvalue weighted by atomic mass is 9.77. The van der Waals surface area contributed by atoms with Crippen LogP contribution in [-0.2, 0) is 0 Å². The van der Waals surface area contributed by atoms with Crippen molar-refractivity contribution in [1.29, 1.82) is 0 Å². The summed E-state index contributed by atoms with van der Waals surface area (Å²) in [6.45, 7) is 14.0. The van der Waals surface area contributed by atoms with Gasteiger partial charge in [-0.25, -0.2) is 0 Å². The van der Waals surface area contributed by atoms with Gasteiger partial charge >= 0.3 is 0 Å². The van der Waals surface area contributed by atoms with Crippen LogP contribution in [0.3, 0.4) is 0 Å². The number of rotatable bonds is 6. The van der Waals surface area contributed by atoms with Crippen LogP contribution in [-0.4, -0.2) is 6.54 Å². The Labute approximate surface area is 77.2 Å². The second-order valence-corrected chi connectivity index (χ2v) is 3.35. The fourth-order valence-electron chi connectivity index (χ4n) is 1.79. The van der Waals surface area contributed by atoms with E-state index in [0.717, 1.165) is 6.54 Å². The monoisotopic (exact) mass is 169 g/mol. The lowest BCUT2D eigenvalue weighted by molar-refractivity contribution is 0.297. The van der Waals surface area contributed by atoms with Gasteiger partial charge in [-0.1, -0.05) is 27.4 Å². The van der Waals surface area contributed by atoms with E-state index in [4.69, 9.17) is 0 Å². The molecule has 0 aromatic carbocycles. The Morgan fingerprint density at radius 1 is 1.08 bits per heavy atom. The Bertz CT molecular complexity index is 126. The summed E-state index contributed by atoms with van der Waals surface area (Å²) >= 11 is 0. The van der Waals surface area contributed by atoms with Crippen LogP contribution in [0.4, 0.5) is 0 Å². The summed E-state index contributed by atoms with van der Waals surface area (Å²) < 4.78 is 0. The van der Waals surface area contributed by atoms with Gasteiger partial charge in [0.15, 0.2) is 0 Å². The molecule has 0 saturated heterocycles. The molecule has 1 heteroatoms. The van der Waals surface area contributed by atoms with Crippen molar-refractivity contribution in [3.05, 3.63) is 12.3 Å². The molecule has 0 aliphatic rings. The summed E-state index contributed by atoms with van der Waals surface area (Å²) in [6.07, 6.45) is 3.56. The minimum atomic E-state index is 0.329. The second-order valence-electron chi connectivity index (χ2n) is 3.35. The Balaban J connectivity index is 4.36. The van der Waals surface area contributed by atoms with E-state index in [1.165, 1.54) is 25.0 Å². The molecule has 1 nitrogen and oxygen atoms in total. The maximum Gasteiger partial charge on any atom is 0.0115 e. The highest BCUT2D eigenvalue weighted by Gasteiger charge is 2.26. The first-order valence-corrected chi connectivity index (χ1v) is 5.10. The first-order chi connectivity index (χ1) is 5.66. The van der Waals surface area contributed by atoms with Gasteiger partial charge in [-0.15, -0.1) is 0 Å². The fourth-order valence-corrected chi connectivity index (χ4v) is 1.79. The normalized spacial score (nSPS) is 11.3. The molecule has 0 aromatic rings. The number of hydrogen-bond donors (Lipinski definition) is 1. The van der Waals surface area contributed by atoms with E-state index in [1.807, 2.05) is 0 Å². The largest absolute Gasteiger partial charge is 0.389 e. The molecule has 0 atom stereocenters. The lowest BCUT2D eigenvalue weighted by Gasteiger charge is -2.33. The van der Waals surface area contributed by atoms with Crippen molar-refractivity contribution >= 4 is 0 Å². The highest BCUT2D eigenvalue weighted by molar-refractivity contribution is 5.07. The minimum absolute atomic E-state index is 0.329. The SMILES string of the molecule is C=C(NCC)C(CC)(CC)CC. The van der Waals surface area contributed by atoms with Crippen LogP contribution < -0.4 is 5.32 Å². The Hall–Kier alpha value is -0.460. The van der Waals surface area contributed by atoms with Gasteiger partial charge in [0.05, 0.1) is 0 Å². The summed E-state index contributed by atoms with van der Waals surface area (Å²) in [6, 6.07) is 0. The molecule has 0 rings (SSSR count). The van der Waals surface area contributed by atoms with E-state index in [9.17, 15) is 0 Å². The standard InChI is InChI=1S/C11H23N/c1-6-11(7-2,8-3)10(5)12-9-4/h12H,5-9H2,1-4H3. The van der Waals surface area contributed by atoms with Crippen molar-refractivity contribution in [2.75, 3.05) is 6.54 Å². The van der Waals surface area contributed by atoms with E-state index in [2.05, 4.69) is 39.6 Å². The molecule has 0 heterocycles. The van der Waals surface area contributed by atoms with Gasteiger partial charge in [0.25, 0.3) is 0 Å². The zero-order chi connectivity index (χ0) is 9.61. The van der Waals surface area contributed by atoms with Gasteiger partial charge in [-0.3, -0.25) is 0 Å². The molecule has 0 aliphatic carbocycles. The third kappa shape index (κ3) is 2.26. The Morgan fingerprint density at radius 3 is 1.75 bits per heavy atom. The summed E-state index contributed by atoms with van der Waals surface area (Å²) in [5.41, 5.74) is 1.55. The predicted octanol–water partition coefficient (Wildman–Crippen LogP) is 3.33. The van der Waals surface area contributed by atoms with Gasteiger partial charge in [0, 0.05) is 17.7 Å². The van der Waals surface area contributed by atoms with E-state index >= 15 is 0 Å². The maximum absolute atomic E-state index is 4.12. The van der Waals surface area contributed by atoms with Gasteiger partial charge in [0.2, 0.25) is 0 Å². The molecule has 1 N–H and O–H groups in total. The van der Waals surface area contributed by atoms with Crippen LogP contribution >= 0.6 is 0 Å². The molecule has 12 heavy (non-hydrogen) atoms. The van der Waals surface area contributed by atoms with Crippen molar-refractivity contribution in [3.8, 4) is 0 Å². The van der Waals surface area contributed by atoms with Gasteiger partial charge < -0.3 is 5.32 Å². The summed E-state index contributed by atoms with van der Waals surface area (Å²) in [5.74, 6) is 0. The van der Waals surface area contributed by atoms with Gasteiger partial charge in [0.1, 0.15) is 0 Å². The summed E-state index contributed by atoms with van der Waals surface area (Å²) in [4.78, 5) is 0. The van der Waals surface area contributed by atoms with Crippen LogP contribution in [0.25, 0.3) is 0 Å². The maximum atomic E-state index is 4.12. The molecule has 0 fully saturated rings. The van der Waals surface area contributed by atoms with E-state index in [1.54, 1.807) is 0 Å². The number of hydrogen-bond acceptors (Lipinski definition) is 1. The molecule has 0 spiro atoms. The number of allylic oxidation sites excluding steroid dienone is 1. The molecule has 0 amide bonds. The van der Waals surface area contributed by atoms with E-state index in [0.29, 0.717) is 5.41 Å². The smallest absolute Gasteiger partial charge is 0.0115 e. The highest BCUT2D eigenvalue weighted by Crippen LogP contribution is 2.35. The Morgan fingerprint density at radius 2 is 1.50 bits per heavy atom. The molecule has 0 bridgehead atoms. The molecule has 0 aliphatic heterocycles. The Kier molecular flexibility index (Phi) is 5.03. The molecular weight excluding hydrogens is 146 g/mol. The predicted molar refractivity (Wildman–Crippen MR) is 56.1 cm³/mol. The van der Waals surface area contributed by atoms with Crippen LogP contribution in [0.5, 0.6) is 0 Å². The van der Waals surface area contributed by atoms with Crippen molar-refractivity contribution in [3.63, 3.8) is 0 Å². The molecule has 0 radical (unpaired) electrons. The molecular formula is C11H23N. The molecule has 0 aromatic heterocycles. The minimum Gasteiger partial charge on any atom is -0.389 e.